The fraction of sp³-hybridized carbons (Fsp3) is 0.0909. The van der Waals surface area contributed by atoms with Gasteiger partial charge in [0.2, 0.25) is 0 Å². The van der Waals surface area contributed by atoms with Crippen LogP contribution in [0, 0.1) is 0 Å². The second kappa shape index (κ2) is 2.54. The van der Waals surface area contributed by atoms with Gasteiger partial charge >= 0.3 is 5.97 Å². The molecule has 0 bridgehead atoms. The molecule has 3 nitrogen and oxygen atoms in total. The van der Waals surface area contributed by atoms with Crippen LogP contribution >= 0.6 is 0 Å². The summed E-state index contributed by atoms with van der Waals surface area (Å²) in [5.41, 5.74) is 1.82. The van der Waals surface area contributed by atoms with Crippen molar-refractivity contribution in [2.24, 2.45) is 0 Å². The molecule has 68 valence electrons. The monoisotopic (exact) mass is 185 g/mol. The van der Waals surface area contributed by atoms with Gasteiger partial charge in [0.25, 0.3) is 0 Å². The maximum Gasteiger partial charge on any atom is 0.315 e. The summed E-state index contributed by atoms with van der Waals surface area (Å²) < 4.78 is 5.04. The van der Waals surface area contributed by atoms with Gasteiger partial charge in [-0.2, -0.15) is 0 Å². The van der Waals surface area contributed by atoms with Crippen molar-refractivity contribution in [1.29, 1.82) is 0 Å². The molecule has 3 rings (SSSR count). The SMILES string of the molecule is O=C1Cc2cc3cccnc3cc2O1. The number of hydrogen-bond acceptors (Lipinski definition) is 3. The molecular weight excluding hydrogens is 178 g/mol. The minimum absolute atomic E-state index is 0.185. The Labute approximate surface area is 80.3 Å². The molecule has 1 aromatic heterocycles. The van der Waals surface area contributed by atoms with E-state index in [1.165, 1.54) is 0 Å². The van der Waals surface area contributed by atoms with Gasteiger partial charge in [-0.3, -0.25) is 9.78 Å². The van der Waals surface area contributed by atoms with E-state index in [-0.39, 0.29) is 5.97 Å². The number of fused-ring (bicyclic) bond motifs is 2. The van der Waals surface area contributed by atoms with Crippen LogP contribution in [-0.2, 0) is 11.2 Å². The summed E-state index contributed by atoms with van der Waals surface area (Å²) in [6, 6.07) is 7.63. The molecule has 0 atom stereocenters. The Kier molecular flexibility index (Phi) is 1.36. The van der Waals surface area contributed by atoms with E-state index in [1.807, 2.05) is 24.3 Å². The topological polar surface area (TPSA) is 39.2 Å². The van der Waals surface area contributed by atoms with Crippen LogP contribution in [0.1, 0.15) is 5.56 Å². The molecule has 3 heteroatoms. The largest absolute Gasteiger partial charge is 0.426 e. The zero-order chi connectivity index (χ0) is 9.54. The Balaban J connectivity index is 2.31. The van der Waals surface area contributed by atoms with Crippen LogP contribution in [0.15, 0.2) is 30.5 Å². The molecule has 14 heavy (non-hydrogen) atoms. The quantitative estimate of drug-likeness (QED) is 0.463. The van der Waals surface area contributed by atoms with Crippen LogP contribution in [-0.4, -0.2) is 11.0 Å². The van der Waals surface area contributed by atoms with E-state index < -0.39 is 0 Å². The van der Waals surface area contributed by atoms with Crippen LogP contribution in [0.3, 0.4) is 0 Å². The van der Waals surface area contributed by atoms with Crippen LogP contribution in [0.25, 0.3) is 10.9 Å². The molecule has 2 heterocycles. The first-order valence-electron chi connectivity index (χ1n) is 4.41. The normalized spacial score (nSPS) is 14.1. The number of aromatic nitrogens is 1. The molecule has 1 aromatic carbocycles. The number of ether oxygens (including phenoxy) is 1. The van der Waals surface area contributed by atoms with Gasteiger partial charge in [-0.05, 0) is 12.1 Å². The Hall–Kier alpha value is -1.90. The number of nitrogens with zero attached hydrogens (tertiary/aromatic N) is 1. The number of rotatable bonds is 0. The third-order valence-corrected chi connectivity index (χ3v) is 2.34. The van der Waals surface area contributed by atoms with Crippen molar-refractivity contribution < 1.29 is 9.53 Å². The Morgan fingerprint density at radius 3 is 3.21 bits per heavy atom. The van der Waals surface area contributed by atoms with Gasteiger partial charge < -0.3 is 4.74 Å². The van der Waals surface area contributed by atoms with Crippen LogP contribution < -0.4 is 4.74 Å². The summed E-state index contributed by atoms with van der Waals surface area (Å²) in [5.74, 6) is 0.469. The van der Waals surface area contributed by atoms with Gasteiger partial charge in [0.05, 0.1) is 11.9 Å². The van der Waals surface area contributed by atoms with Crippen LogP contribution in [0.2, 0.25) is 0 Å². The van der Waals surface area contributed by atoms with Gasteiger partial charge in [-0.25, -0.2) is 0 Å². The molecule has 0 fully saturated rings. The summed E-state index contributed by atoms with van der Waals surface area (Å²) in [5, 5.41) is 1.05. The highest BCUT2D eigenvalue weighted by Crippen LogP contribution is 2.29. The lowest BCUT2D eigenvalue weighted by atomic mass is 10.1. The van der Waals surface area contributed by atoms with E-state index in [9.17, 15) is 4.79 Å². The first-order valence-corrected chi connectivity index (χ1v) is 4.41. The molecular formula is C11H7NO2. The molecule has 0 spiro atoms. The maximum atomic E-state index is 11.0. The Morgan fingerprint density at radius 2 is 2.29 bits per heavy atom. The summed E-state index contributed by atoms with van der Waals surface area (Å²) in [4.78, 5) is 15.2. The van der Waals surface area contributed by atoms with Crippen LogP contribution in [0.4, 0.5) is 0 Å². The number of benzene rings is 1. The van der Waals surface area contributed by atoms with E-state index in [1.54, 1.807) is 6.20 Å². The molecule has 0 N–H and O–H groups in total. The number of carbonyl (C=O) groups excluding carboxylic acids is 1. The molecule has 1 aliphatic heterocycles. The molecule has 2 aromatic rings. The fourth-order valence-corrected chi connectivity index (χ4v) is 1.70. The maximum absolute atomic E-state index is 11.0. The van der Waals surface area contributed by atoms with E-state index in [2.05, 4.69) is 4.98 Å². The minimum atomic E-state index is -0.185. The lowest BCUT2D eigenvalue weighted by Crippen LogP contribution is -2.00. The number of esters is 1. The van der Waals surface area contributed by atoms with E-state index in [4.69, 9.17) is 4.74 Å². The highest BCUT2D eigenvalue weighted by atomic mass is 16.5. The first-order chi connectivity index (χ1) is 6.83. The molecule has 1 aliphatic rings. The second-order valence-corrected chi connectivity index (χ2v) is 3.31. The predicted octanol–water partition coefficient (Wildman–Crippen LogP) is 1.70. The van der Waals surface area contributed by atoms with Crippen molar-refractivity contribution in [1.82, 2.24) is 4.98 Å². The highest BCUT2D eigenvalue weighted by molar-refractivity contribution is 5.88. The molecule has 0 amide bonds. The standard InChI is InChI=1S/C11H7NO2/c13-11-5-8-4-7-2-1-3-12-9(7)6-10(8)14-11/h1-4,6H,5H2. The van der Waals surface area contributed by atoms with Crippen molar-refractivity contribution >= 4 is 16.9 Å². The zero-order valence-electron chi connectivity index (χ0n) is 7.36. The molecule has 0 saturated carbocycles. The van der Waals surface area contributed by atoms with Gasteiger partial charge in [-0.15, -0.1) is 0 Å². The van der Waals surface area contributed by atoms with Gasteiger partial charge in [0, 0.05) is 23.2 Å². The number of pyridine rings is 1. The van der Waals surface area contributed by atoms with Crippen molar-refractivity contribution in [2.45, 2.75) is 6.42 Å². The lowest BCUT2D eigenvalue weighted by Gasteiger charge is -1.99. The minimum Gasteiger partial charge on any atom is -0.426 e. The number of hydrogen-bond donors (Lipinski definition) is 0. The third kappa shape index (κ3) is 0.988. The zero-order valence-corrected chi connectivity index (χ0v) is 7.36. The molecule has 0 saturated heterocycles. The summed E-state index contributed by atoms with van der Waals surface area (Å²) in [6.07, 6.45) is 2.10. The van der Waals surface area contributed by atoms with Gasteiger partial charge in [0.15, 0.2) is 0 Å². The van der Waals surface area contributed by atoms with Gasteiger partial charge in [-0.1, -0.05) is 6.07 Å². The second-order valence-electron chi connectivity index (χ2n) is 3.31. The van der Waals surface area contributed by atoms with Crippen LogP contribution in [0.5, 0.6) is 5.75 Å². The van der Waals surface area contributed by atoms with E-state index in [0.717, 1.165) is 16.5 Å². The van der Waals surface area contributed by atoms with Crippen molar-refractivity contribution in [3.63, 3.8) is 0 Å². The summed E-state index contributed by atoms with van der Waals surface area (Å²) >= 11 is 0. The third-order valence-electron chi connectivity index (χ3n) is 2.34. The predicted molar refractivity (Wildman–Crippen MR) is 51.1 cm³/mol. The average Bonchev–Trinajstić information content (AvgIpc) is 2.53. The summed E-state index contributed by atoms with van der Waals surface area (Å²) in [7, 11) is 0. The van der Waals surface area contributed by atoms with Crippen molar-refractivity contribution in [3.8, 4) is 5.75 Å². The summed E-state index contributed by atoms with van der Waals surface area (Å²) in [6.45, 7) is 0. The number of carbonyl (C=O) groups is 1. The average molecular weight is 185 g/mol. The van der Waals surface area contributed by atoms with Crippen molar-refractivity contribution in [2.75, 3.05) is 0 Å². The Morgan fingerprint density at radius 1 is 1.36 bits per heavy atom. The molecule has 0 unspecified atom stereocenters. The molecule has 0 radical (unpaired) electrons. The van der Waals surface area contributed by atoms with Crippen molar-refractivity contribution in [3.05, 3.63) is 36.0 Å². The first kappa shape index (κ1) is 7.50. The fourth-order valence-electron chi connectivity index (χ4n) is 1.70. The Bertz CT molecular complexity index is 487. The lowest BCUT2D eigenvalue weighted by molar-refractivity contribution is -0.131. The molecule has 0 aliphatic carbocycles. The van der Waals surface area contributed by atoms with E-state index >= 15 is 0 Å². The highest BCUT2D eigenvalue weighted by Gasteiger charge is 2.20. The van der Waals surface area contributed by atoms with Gasteiger partial charge in [0.1, 0.15) is 5.75 Å². The van der Waals surface area contributed by atoms with E-state index in [0.29, 0.717) is 12.2 Å². The smallest absolute Gasteiger partial charge is 0.315 e.